The summed E-state index contributed by atoms with van der Waals surface area (Å²) in [7, 11) is -0.300. The van der Waals surface area contributed by atoms with Crippen molar-refractivity contribution in [2.24, 2.45) is 0 Å². The highest BCUT2D eigenvalue weighted by molar-refractivity contribution is 7.91. The van der Waals surface area contributed by atoms with Gasteiger partial charge < -0.3 is 18.9 Å². The number of aromatic nitrogens is 1. The zero-order valence-corrected chi connectivity index (χ0v) is 23.0. The molecule has 1 N–H and O–H groups in total. The molecule has 0 aliphatic carbocycles. The van der Waals surface area contributed by atoms with Gasteiger partial charge in [-0.05, 0) is 43.3 Å². The van der Waals surface area contributed by atoms with Crippen LogP contribution in [0.4, 0.5) is 5.13 Å². The number of sulfone groups is 1. The summed E-state index contributed by atoms with van der Waals surface area (Å²) in [5, 5.41) is 3.20. The van der Waals surface area contributed by atoms with Crippen molar-refractivity contribution in [3.8, 4) is 23.0 Å². The van der Waals surface area contributed by atoms with E-state index in [9.17, 15) is 13.2 Å². The molecule has 4 rings (SSSR count). The molecule has 1 unspecified atom stereocenters. The highest BCUT2D eigenvalue weighted by atomic mass is 32.2. The van der Waals surface area contributed by atoms with E-state index in [4.69, 9.17) is 18.9 Å². The molecule has 0 aliphatic rings. The standard InChI is InChI=1S/C27H28N2O7S2/c1-5-35-18-9-11-19(12-10-18)36-25(17-7-13-20(14-8-17)38(31,32)6-2)26(30)29-27-28-21-15-22(33-3)23(34-4)16-24(21)37-27/h7-16,25H,5-6H2,1-4H3,(H,28,29,30). The smallest absolute Gasteiger partial charge is 0.271 e. The summed E-state index contributed by atoms with van der Waals surface area (Å²) in [6.45, 7) is 4.00. The highest BCUT2D eigenvalue weighted by Crippen LogP contribution is 2.36. The van der Waals surface area contributed by atoms with Crippen LogP contribution in [0, 0.1) is 0 Å². The molecule has 1 atom stereocenters. The topological polar surface area (TPSA) is 113 Å². The highest BCUT2D eigenvalue weighted by Gasteiger charge is 2.25. The number of hydrogen-bond acceptors (Lipinski definition) is 9. The predicted octanol–water partition coefficient (Wildman–Crippen LogP) is 5.26. The van der Waals surface area contributed by atoms with E-state index in [1.807, 2.05) is 6.92 Å². The van der Waals surface area contributed by atoms with Crippen molar-refractivity contribution in [2.45, 2.75) is 24.8 Å². The van der Waals surface area contributed by atoms with Gasteiger partial charge in [-0.3, -0.25) is 10.1 Å². The van der Waals surface area contributed by atoms with Crippen LogP contribution in [-0.4, -0.2) is 45.9 Å². The Morgan fingerprint density at radius 1 is 0.947 bits per heavy atom. The SMILES string of the molecule is CCOc1ccc(OC(C(=O)Nc2nc3cc(OC)c(OC)cc3s2)c2ccc(S(=O)(=O)CC)cc2)cc1. The van der Waals surface area contributed by atoms with E-state index < -0.39 is 21.8 Å². The van der Waals surface area contributed by atoms with Crippen LogP contribution in [-0.2, 0) is 14.6 Å². The fourth-order valence-corrected chi connectivity index (χ4v) is 5.45. The molecular weight excluding hydrogens is 528 g/mol. The van der Waals surface area contributed by atoms with E-state index in [1.54, 1.807) is 69.7 Å². The Hall–Kier alpha value is -3.83. The van der Waals surface area contributed by atoms with Crippen LogP contribution in [0.3, 0.4) is 0 Å². The largest absolute Gasteiger partial charge is 0.494 e. The first-order valence-electron chi connectivity index (χ1n) is 11.8. The Morgan fingerprint density at radius 3 is 2.18 bits per heavy atom. The van der Waals surface area contributed by atoms with Crippen molar-refractivity contribution in [2.75, 3.05) is 31.9 Å². The Morgan fingerprint density at radius 2 is 1.58 bits per heavy atom. The average molecular weight is 557 g/mol. The van der Waals surface area contributed by atoms with Crippen molar-refractivity contribution in [3.63, 3.8) is 0 Å². The first-order chi connectivity index (χ1) is 18.3. The number of thiazole rings is 1. The Balaban J connectivity index is 1.64. The summed E-state index contributed by atoms with van der Waals surface area (Å²) in [5.74, 6) is 1.71. The molecular formula is C27H28N2O7S2. The van der Waals surface area contributed by atoms with Gasteiger partial charge in [0.15, 0.2) is 26.5 Å². The maximum absolute atomic E-state index is 13.5. The van der Waals surface area contributed by atoms with Crippen molar-refractivity contribution < 1.29 is 32.2 Å². The summed E-state index contributed by atoms with van der Waals surface area (Å²) in [5.41, 5.74) is 1.12. The Kier molecular flexibility index (Phi) is 8.38. The molecule has 38 heavy (non-hydrogen) atoms. The molecule has 9 nitrogen and oxygen atoms in total. The number of methoxy groups -OCH3 is 2. The Labute approximate surface area is 225 Å². The van der Waals surface area contributed by atoms with Gasteiger partial charge in [0, 0.05) is 17.7 Å². The zero-order chi connectivity index (χ0) is 27.3. The van der Waals surface area contributed by atoms with Gasteiger partial charge in [-0.25, -0.2) is 13.4 Å². The number of nitrogens with one attached hydrogen (secondary N) is 1. The third-order valence-electron chi connectivity index (χ3n) is 5.67. The van der Waals surface area contributed by atoms with E-state index in [1.165, 1.54) is 23.5 Å². The predicted molar refractivity (Wildman–Crippen MR) is 147 cm³/mol. The van der Waals surface area contributed by atoms with Crippen LogP contribution in [0.5, 0.6) is 23.0 Å². The maximum atomic E-state index is 13.5. The van der Waals surface area contributed by atoms with E-state index in [2.05, 4.69) is 10.3 Å². The minimum atomic E-state index is -3.39. The summed E-state index contributed by atoms with van der Waals surface area (Å²) < 4.78 is 47.6. The van der Waals surface area contributed by atoms with Crippen LogP contribution < -0.4 is 24.3 Å². The summed E-state index contributed by atoms with van der Waals surface area (Å²) in [4.78, 5) is 18.2. The Bertz CT molecular complexity index is 1470. The quantitative estimate of drug-likeness (QED) is 0.266. The fraction of sp³-hybridized carbons (Fsp3) is 0.259. The van der Waals surface area contributed by atoms with Gasteiger partial charge in [-0.1, -0.05) is 30.4 Å². The molecule has 0 fully saturated rings. The van der Waals surface area contributed by atoms with Crippen molar-refractivity contribution in [1.82, 2.24) is 4.98 Å². The minimum absolute atomic E-state index is 0.0217. The number of amides is 1. The molecule has 1 heterocycles. The van der Waals surface area contributed by atoms with Gasteiger partial charge in [0.2, 0.25) is 6.10 Å². The number of ether oxygens (including phenoxy) is 4. The van der Waals surface area contributed by atoms with E-state index in [0.29, 0.717) is 45.8 Å². The molecule has 0 spiro atoms. The second-order valence-electron chi connectivity index (χ2n) is 8.06. The number of carbonyl (C=O) groups excluding carboxylic acids is 1. The first-order valence-corrected chi connectivity index (χ1v) is 14.3. The third-order valence-corrected chi connectivity index (χ3v) is 8.36. The molecule has 0 aliphatic heterocycles. The lowest BCUT2D eigenvalue weighted by Gasteiger charge is -2.19. The van der Waals surface area contributed by atoms with E-state index >= 15 is 0 Å². The number of benzene rings is 3. The van der Waals surface area contributed by atoms with Gasteiger partial charge >= 0.3 is 0 Å². The molecule has 4 aromatic rings. The van der Waals surface area contributed by atoms with Gasteiger partial charge in [-0.15, -0.1) is 0 Å². The first kappa shape index (κ1) is 27.2. The zero-order valence-electron chi connectivity index (χ0n) is 21.4. The molecule has 0 saturated carbocycles. The average Bonchev–Trinajstić information content (AvgIpc) is 3.32. The number of rotatable bonds is 11. The molecule has 0 saturated heterocycles. The molecule has 1 aromatic heterocycles. The number of carbonyl (C=O) groups is 1. The second kappa shape index (κ2) is 11.7. The molecule has 11 heteroatoms. The van der Waals surface area contributed by atoms with Crippen molar-refractivity contribution in [1.29, 1.82) is 0 Å². The maximum Gasteiger partial charge on any atom is 0.271 e. The second-order valence-corrected chi connectivity index (χ2v) is 11.4. The number of nitrogens with zero attached hydrogens (tertiary/aromatic N) is 1. The third kappa shape index (κ3) is 6.00. The lowest BCUT2D eigenvalue weighted by atomic mass is 10.1. The van der Waals surface area contributed by atoms with Gasteiger partial charge in [0.25, 0.3) is 5.91 Å². The van der Waals surface area contributed by atoms with E-state index in [-0.39, 0.29) is 10.6 Å². The van der Waals surface area contributed by atoms with Crippen molar-refractivity contribution >= 4 is 42.4 Å². The minimum Gasteiger partial charge on any atom is -0.494 e. The molecule has 0 bridgehead atoms. The monoisotopic (exact) mass is 556 g/mol. The van der Waals surface area contributed by atoms with Crippen LogP contribution >= 0.6 is 11.3 Å². The normalized spacial score (nSPS) is 12.1. The fourth-order valence-electron chi connectivity index (χ4n) is 3.69. The molecule has 0 radical (unpaired) electrons. The van der Waals surface area contributed by atoms with Gasteiger partial charge in [0.05, 0.1) is 41.7 Å². The molecule has 200 valence electrons. The molecule has 1 amide bonds. The van der Waals surface area contributed by atoms with Gasteiger partial charge in [0.1, 0.15) is 11.5 Å². The van der Waals surface area contributed by atoms with Crippen LogP contribution in [0.15, 0.2) is 65.6 Å². The van der Waals surface area contributed by atoms with Crippen molar-refractivity contribution in [3.05, 3.63) is 66.2 Å². The lowest BCUT2D eigenvalue weighted by molar-refractivity contribution is -0.123. The van der Waals surface area contributed by atoms with Crippen LogP contribution in [0.25, 0.3) is 10.2 Å². The summed E-state index contributed by atoms with van der Waals surface area (Å²) in [6, 6.07) is 16.6. The number of fused-ring (bicyclic) bond motifs is 1. The number of hydrogen-bond donors (Lipinski definition) is 1. The summed E-state index contributed by atoms with van der Waals surface area (Å²) >= 11 is 1.28. The lowest BCUT2D eigenvalue weighted by Crippen LogP contribution is -2.25. The summed E-state index contributed by atoms with van der Waals surface area (Å²) in [6.07, 6.45) is -1.08. The van der Waals surface area contributed by atoms with Gasteiger partial charge in [-0.2, -0.15) is 0 Å². The molecule has 3 aromatic carbocycles. The number of anilines is 1. The van der Waals surface area contributed by atoms with Crippen LogP contribution in [0.2, 0.25) is 0 Å². The van der Waals surface area contributed by atoms with Crippen LogP contribution in [0.1, 0.15) is 25.5 Å². The van der Waals surface area contributed by atoms with E-state index in [0.717, 1.165) is 4.70 Å².